The molecule has 0 unspecified atom stereocenters. The number of nitrogens with one attached hydrogen (secondary N) is 2. The second kappa shape index (κ2) is 6.99. The number of ketones is 1. The minimum atomic E-state index is -0.315. The van der Waals surface area contributed by atoms with Crippen molar-refractivity contribution in [2.24, 2.45) is 0 Å². The van der Waals surface area contributed by atoms with Crippen molar-refractivity contribution >= 4 is 29.1 Å². The maximum absolute atomic E-state index is 12.1. The van der Waals surface area contributed by atoms with Crippen LogP contribution in [0, 0.1) is 6.92 Å². The van der Waals surface area contributed by atoms with Gasteiger partial charge in [-0.2, -0.15) is 0 Å². The fourth-order valence-electron chi connectivity index (χ4n) is 1.60. The molecule has 0 spiro atoms. The van der Waals surface area contributed by atoms with E-state index in [2.05, 4.69) is 20.5 Å². The number of rotatable bonds is 5. The molecule has 1 heterocycles. The van der Waals surface area contributed by atoms with Crippen LogP contribution < -0.4 is 10.9 Å². The standard InChI is InChI=1S/C14H14N4O3S/c1-8-13(21)16-14(18-17-8)22-7-12(20)10-3-5-11(6-4-10)15-9(2)19/h3-6H,7H2,1-2H3,(H,15,19)(H,16,18,21). The lowest BCUT2D eigenvalue weighted by Crippen LogP contribution is -2.15. The number of anilines is 1. The Hall–Kier alpha value is -2.48. The molecule has 2 N–H and O–H groups in total. The molecule has 0 atom stereocenters. The Morgan fingerprint density at radius 3 is 2.50 bits per heavy atom. The van der Waals surface area contributed by atoms with Gasteiger partial charge in [0.2, 0.25) is 5.91 Å². The smallest absolute Gasteiger partial charge is 0.273 e. The molecule has 1 amide bonds. The van der Waals surface area contributed by atoms with Crippen LogP contribution in [0.2, 0.25) is 0 Å². The van der Waals surface area contributed by atoms with Gasteiger partial charge in [0.05, 0.1) is 5.75 Å². The molecule has 2 rings (SSSR count). The van der Waals surface area contributed by atoms with Crippen LogP contribution in [0.3, 0.4) is 0 Å². The summed E-state index contributed by atoms with van der Waals surface area (Å²) in [5.74, 6) is -0.146. The number of hydrogen-bond acceptors (Lipinski definition) is 6. The van der Waals surface area contributed by atoms with Crippen molar-refractivity contribution in [2.45, 2.75) is 19.0 Å². The monoisotopic (exact) mass is 318 g/mol. The maximum atomic E-state index is 12.1. The summed E-state index contributed by atoms with van der Waals surface area (Å²) in [5, 5.41) is 10.4. The van der Waals surface area contributed by atoms with Gasteiger partial charge in [-0.15, -0.1) is 10.2 Å². The maximum Gasteiger partial charge on any atom is 0.273 e. The second-order valence-electron chi connectivity index (χ2n) is 4.52. The lowest BCUT2D eigenvalue weighted by Gasteiger charge is -2.04. The Morgan fingerprint density at radius 2 is 1.91 bits per heavy atom. The molecule has 0 saturated carbocycles. The third kappa shape index (κ3) is 4.26. The van der Waals surface area contributed by atoms with E-state index in [0.29, 0.717) is 16.4 Å². The van der Waals surface area contributed by atoms with E-state index in [-0.39, 0.29) is 28.7 Å². The molecule has 2 aromatic rings. The van der Waals surface area contributed by atoms with Crippen molar-refractivity contribution in [3.05, 3.63) is 45.9 Å². The van der Waals surface area contributed by atoms with E-state index in [1.165, 1.54) is 6.92 Å². The van der Waals surface area contributed by atoms with E-state index < -0.39 is 0 Å². The SMILES string of the molecule is CC(=O)Nc1ccc(C(=O)CSc2nnc(C)c(=O)[nH]2)cc1. The summed E-state index contributed by atoms with van der Waals surface area (Å²) in [6.07, 6.45) is 0. The van der Waals surface area contributed by atoms with Gasteiger partial charge in [-0.25, -0.2) is 0 Å². The molecule has 114 valence electrons. The van der Waals surface area contributed by atoms with Gasteiger partial charge in [0, 0.05) is 18.2 Å². The van der Waals surface area contributed by atoms with Crippen LogP contribution in [0.15, 0.2) is 34.2 Å². The summed E-state index contributed by atoms with van der Waals surface area (Å²) in [4.78, 5) is 36.9. The summed E-state index contributed by atoms with van der Waals surface area (Å²) in [6, 6.07) is 6.59. The van der Waals surface area contributed by atoms with Gasteiger partial charge in [0.15, 0.2) is 10.9 Å². The zero-order valence-corrected chi connectivity index (χ0v) is 12.9. The van der Waals surface area contributed by atoms with Gasteiger partial charge in [-0.1, -0.05) is 11.8 Å². The zero-order valence-electron chi connectivity index (χ0n) is 12.0. The van der Waals surface area contributed by atoms with Crippen molar-refractivity contribution < 1.29 is 9.59 Å². The van der Waals surface area contributed by atoms with Crippen LogP contribution in [0.5, 0.6) is 0 Å². The van der Waals surface area contributed by atoms with Gasteiger partial charge in [0.25, 0.3) is 5.56 Å². The Morgan fingerprint density at radius 1 is 1.23 bits per heavy atom. The largest absolute Gasteiger partial charge is 0.326 e. The highest BCUT2D eigenvalue weighted by molar-refractivity contribution is 7.99. The predicted octanol–water partition coefficient (Wildman–Crippen LogP) is 1.41. The predicted molar refractivity (Wildman–Crippen MR) is 83.2 cm³/mol. The first-order valence-corrected chi connectivity index (χ1v) is 7.41. The van der Waals surface area contributed by atoms with E-state index in [1.807, 2.05) is 0 Å². The first kappa shape index (κ1) is 15.9. The minimum Gasteiger partial charge on any atom is -0.326 e. The molecule has 8 heteroatoms. The molecule has 0 aliphatic carbocycles. The lowest BCUT2D eigenvalue weighted by atomic mass is 10.1. The molecule has 0 bridgehead atoms. The van der Waals surface area contributed by atoms with Gasteiger partial charge in [-0.3, -0.25) is 19.4 Å². The number of aromatic amines is 1. The van der Waals surface area contributed by atoms with Crippen molar-refractivity contribution in [1.82, 2.24) is 15.2 Å². The van der Waals surface area contributed by atoms with Gasteiger partial charge in [-0.05, 0) is 31.2 Å². The summed E-state index contributed by atoms with van der Waals surface area (Å²) in [7, 11) is 0. The lowest BCUT2D eigenvalue weighted by molar-refractivity contribution is -0.114. The number of hydrogen-bond donors (Lipinski definition) is 2. The van der Waals surface area contributed by atoms with Gasteiger partial charge < -0.3 is 5.32 Å². The Balaban J connectivity index is 1.98. The minimum absolute atomic E-state index is 0.109. The summed E-state index contributed by atoms with van der Waals surface area (Å²) in [6.45, 7) is 2.97. The van der Waals surface area contributed by atoms with Crippen LogP contribution in [0.1, 0.15) is 23.0 Å². The normalized spacial score (nSPS) is 10.3. The average molecular weight is 318 g/mol. The van der Waals surface area contributed by atoms with Gasteiger partial charge >= 0.3 is 0 Å². The Labute approximate surface area is 130 Å². The van der Waals surface area contributed by atoms with E-state index in [9.17, 15) is 14.4 Å². The number of amides is 1. The fourth-order valence-corrected chi connectivity index (χ4v) is 2.30. The first-order chi connectivity index (χ1) is 10.5. The van der Waals surface area contributed by atoms with Crippen LogP contribution >= 0.6 is 11.8 Å². The molecule has 0 aliphatic rings. The number of benzene rings is 1. The van der Waals surface area contributed by atoms with Crippen LogP contribution in [0.25, 0.3) is 0 Å². The number of aryl methyl sites for hydroxylation is 1. The third-order valence-electron chi connectivity index (χ3n) is 2.71. The zero-order chi connectivity index (χ0) is 16.1. The average Bonchev–Trinajstić information content (AvgIpc) is 2.48. The van der Waals surface area contributed by atoms with E-state index in [0.717, 1.165) is 11.8 Å². The van der Waals surface area contributed by atoms with Crippen LogP contribution in [-0.2, 0) is 4.79 Å². The van der Waals surface area contributed by atoms with E-state index in [4.69, 9.17) is 0 Å². The highest BCUT2D eigenvalue weighted by atomic mass is 32.2. The summed E-state index contributed by atoms with van der Waals surface area (Å²) >= 11 is 1.11. The quantitative estimate of drug-likeness (QED) is 0.638. The molecule has 0 radical (unpaired) electrons. The molecular formula is C14H14N4O3S. The number of nitrogens with zero attached hydrogens (tertiary/aromatic N) is 2. The van der Waals surface area contributed by atoms with E-state index >= 15 is 0 Å². The number of carbonyl (C=O) groups is 2. The number of H-pyrrole nitrogens is 1. The van der Waals surface area contributed by atoms with Gasteiger partial charge in [0.1, 0.15) is 5.69 Å². The highest BCUT2D eigenvalue weighted by Crippen LogP contribution is 2.15. The molecule has 0 fully saturated rings. The fraction of sp³-hybridized carbons (Fsp3) is 0.214. The number of thioether (sulfide) groups is 1. The van der Waals surface area contributed by atoms with Crippen LogP contribution in [-0.4, -0.2) is 32.6 Å². The molecule has 0 aliphatic heterocycles. The van der Waals surface area contributed by atoms with Crippen molar-refractivity contribution in [1.29, 1.82) is 0 Å². The first-order valence-electron chi connectivity index (χ1n) is 6.43. The highest BCUT2D eigenvalue weighted by Gasteiger charge is 2.09. The summed E-state index contributed by atoms with van der Waals surface area (Å²) in [5.41, 5.74) is 1.11. The molecule has 1 aromatic carbocycles. The van der Waals surface area contributed by atoms with Crippen molar-refractivity contribution in [2.75, 3.05) is 11.1 Å². The second-order valence-corrected chi connectivity index (χ2v) is 5.48. The number of carbonyl (C=O) groups excluding carboxylic acids is 2. The molecular weight excluding hydrogens is 304 g/mol. The molecule has 7 nitrogen and oxygen atoms in total. The van der Waals surface area contributed by atoms with Crippen molar-refractivity contribution in [3.63, 3.8) is 0 Å². The van der Waals surface area contributed by atoms with E-state index in [1.54, 1.807) is 31.2 Å². The van der Waals surface area contributed by atoms with Crippen LogP contribution in [0.4, 0.5) is 5.69 Å². The number of Topliss-reactive ketones (excluding diaryl/α,β-unsaturated/α-hetero) is 1. The third-order valence-corrected chi connectivity index (χ3v) is 3.57. The topological polar surface area (TPSA) is 105 Å². The molecule has 1 aromatic heterocycles. The van der Waals surface area contributed by atoms with Crippen molar-refractivity contribution in [3.8, 4) is 0 Å². The summed E-state index contributed by atoms with van der Waals surface area (Å²) < 4.78 is 0. The molecule has 22 heavy (non-hydrogen) atoms. The Bertz CT molecular complexity index is 755. The Kier molecular flexibility index (Phi) is 5.05. The number of aromatic nitrogens is 3. The molecule has 0 saturated heterocycles.